The van der Waals surface area contributed by atoms with Crippen LogP contribution in [0.5, 0.6) is 5.75 Å². The van der Waals surface area contributed by atoms with E-state index in [4.69, 9.17) is 11.2 Å². The highest BCUT2D eigenvalue weighted by atomic mass is 16.5. The Morgan fingerprint density at radius 1 is 1.44 bits per heavy atom. The Bertz CT molecular complexity index is 387. The summed E-state index contributed by atoms with van der Waals surface area (Å²) in [6, 6.07) is 6.69. The minimum atomic E-state index is -0.365. The van der Waals surface area contributed by atoms with E-state index in [2.05, 4.69) is 10.7 Å². The highest BCUT2D eigenvalue weighted by Crippen LogP contribution is 2.15. The van der Waals surface area contributed by atoms with Crippen molar-refractivity contribution in [1.82, 2.24) is 0 Å². The van der Waals surface area contributed by atoms with Gasteiger partial charge in [-0.2, -0.15) is 0 Å². The molecule has 1 aromatic carbocycles. The molecule has 0 spiro atoms. The second kappa shape index (κ2) is 5.82. The van der Waals surface area contributed by atoms with Crippen molar-refractivity contribution >= 4 is 5.97 Å². The van der Waals surface area contributed by atoms with Crippen molar-refractivity contribution in [2.45, 2.75) is 19.4 Å². The Hall–Kier alpha value is -1.95. The van der Waals surface area contributed by atoms with E-state index in [1.165, 1.54) is 7.11 Å². The number of esters is 1. The van der Waals surface area contributed by atoms with Crippen molar-refractivity contribution in [2.24, 2.45) is 0 Å². The number of terminal acetylenes is 1. The van der Waals surface area contributed by atoms with Crippen LogP contribution in [-0.4, -0.2) is 19.2 Å². The smallest absolute Gasteiger partial charge is 0.337 e. The number of rotatable bonds is 4. The van der Waals surface area contributed by atoms with Gasteiger partial charge in [-0.3, -0.25) is 0 Å². The van der Waals surface area contributed by atoms with E-state index in [0.29, 0.717) is 11.3 Å². The second-order valence-corrected chi connectivity index (χ2v) is 3.20. The van der Waals surface area contributed by atoms with Gasteiger partial charge in [0, 0.05) is 0 Å². The third kappa shape index (κ3) is 3.03. The molecule has 16 heavy (non-hydrogen) atoms. The normalized spacial score (nSPS) is 11.3. The van der Waals surface area contributed by atoms with Crippen molar-refractivity contribution in [3.05, 3.63) is 29.8 Å². The number of ether oxygens (including phenoxy) is 2. The first-order valence-electron chi connectivity index (χ1n) is 5.02. The van der Waals surface area contributed by atoms with E-state index >= 15 is 0 Å². The van der Waals surface area contributed by atoms with Crippen LogP contribution in [0.3, 0.4) is 0 Å². The zero-order valence-corrected chi connectivity index (χ0v) is 9.40. The molecule has 1 aromatic rings. The number of hydrogen-bond acceptors (Lipinski definition) is 3. The van der Waals surface area contributed by atoms with Gasteiger partial charge in [0.2, 0.25) is 0 Å². The monoisotopic (exact) mass is 218 g/mol. The van der Waals surface area contributed by atoms with Gasteiger partial charge in [-0.25, -0.2) is 4.79 Å². The number of benzene rings is 1. The number of carbonyl (C=O) groups is 1. The fourth-order valence-corrected chi connectivity index (χ4v) is 1.19. The lowest BCUT2D eigenvalue weighted by Crippen LogP contribution is -2.12. The fraction of sp³-hybridized carbons (Fsp3) is 0.308. The first-order valence-corrected chi connectivity index (χ1v) is 5.02. The van der Waals surface area contributed by atoms with Gasteiger partial charge in [-0.05, 0) is 30.7 Å². The molecule has 84 valence electrons. The van der Waals surface area contributed by atoms with Gasteiger partial charge in [-0.15, -0.1) is 6.42 Å². The van der Waals surface area contributed by atoms with Gasteiger partial charge >= 0.3 is 5.97 Å². The van der Waals surface area contributed by atoms with Crippen molar-refractivity contribution in [3.8, 4) is 18.1 Å². The van der Waals surface area contributed by atoms with E-state index in [9.17, 15) is 4.79 Å². The van der Waals surface area contributed by atoms with Crippen LogP contribution in [-0.2, 0) is 4.74 Å². The lowest BCUT2D eigenvalue weighted by molar-refractivity contribution is 0.0600. The molecule has 3 nitrogen and oxygen atoms in total. The summed E-state index contributed by atoms with van der Waals surface area (Å²) in [5, 5.41) is 0. The molecule has 0 saturated carbocycles. The Labute approximate surface area is 95.4 Å². The molecule has 0 fully saturated rings. The Morgan fingerprint density at radius 2 is 2.06 bits per heavy atom. The average molecular weight is 218 g/mol. The summed E-state index contributed by atoms with van der Waals surface area (Å²) in [6.07, 6.45) is 5.79. The summed E-state index contributed by atoms with van der Waals surface area (Å²) in [5.41, 5.74) is 0.489. The van der Waals surface area contributed by atoms with Crippen LogP contribution in [0.1, 0.15) is 23.7 Å². The van der Waals surface area contributed by atoms with Gasteiger partial charge in [0.25, 0.3) is 0 Å². The summed E-state index contributed by atoms with van der Waals surface area (Å²) >= 11 is 0. The maximum absolute atomic E-state index is 11.2. The van der Waals surface area contributed by atoms with Crippen LogP contribution in [0.2, 0.25) is 0 Å². The second-order valence-electron chi connectivity index (χ2n) is 3.20. The van der Waals surface area contributed by atoms with E-state index < -0.39 is 0 Å². The Morgan fingerprint density at radius 3 is 2.50 bits per heavy atom. The third-order valence-electron chi connectivity index (χ3n) is 2.11. The molecule has 0 aliphatic heterocycles. The van der Waals surface area contributed by atoms with Crippen LogP contribution in [0.25, 0.3) is 0 Å². The first kappa shape index (κ1) is 12.1. The van der Waals surface area contributed by atoms with Crippen LogP contribution in [0.4, 0.5) is 0 Å². The van der Waals surface area contributed by atoms with E-state index in [-0.39, 0.29) is 12.1 Å². The molecule has 0 aliphatic carbocycles. The molecule has 1 unspecified atom stereocenters. The number of carbonyl (C=O) groups excluding carboxylic acids is 1. The SMILES string of the molecule is C#CC(CC)Oc1ccc(C(=O)OC)cc1. The highest BCUT2D eigenvalue weighted by molar-refractivity contribution is 5.89. The fourth-order valence-electron chi connectivity index (χ4n) is 1.19. The maximum Gasteiger partial charge on any atom is 0.337 e. The molecule has 0 amide bonds. The summed E-state index contributed by atoms with van der Waals surface area (Å²) in [6.45, 7) is 1.95. The topological polar surface area (TPSA) is 35.5 Å². The van der Waals surface area contributed by atoms with Crippen LogP contribution < -0.4 is 4.74 Å². The zero-order chi connectivity index (χ0) is 12.0. The van der Waals surface area contributed by atoms with Crippen molar-refractivity contribution in [2.75, 3.05) is 7.11 Å². The number of methoxy groups -OCH3 is 1. The average Bonchev–Trinajstić information content (AvgIpc) is 2.35. The van der Waals surface area contributed by atoms with E-state index in [1.54, 1.807) is 24.3 Å². The quantitative estimate of drug-likeness (QED) is 0.574. The standard InChI is InChI=1S/C13H14O3/c1-4-11(5-2)16-12-8-6-10(7-9-12)13(14)15-3/h1,6-9,11H,5H2,2-3H3. The van der Waals surface area contributed by atoms with Gasteiger partial charge in [0.15, 0.2) is 6.10 Å². The molecule has 0 heterocycles. The summed E-state index contributed by atoms with van der Waals surface area (Å²) in [5.74, 6) is 2.82. The van der Waals surface area contributed by atoms with Gasteiger partial charge in [-0.1, -0.05) is 12.8 Å². The Kier molecular flexibility index (Phi) is 4.41. The Balaban J connectivity index is 2.72. The molecule has 0 aliphatic rings. The molecule has 0 aromatic heterocycles. The van der Waals surface area contributed by atoms with E-state index in [0.717, 1.165) is 6.42 Å². The predicted molar refractivity (Wildman–Crippen MR) is 61.3 cm³/mol. The molecule has 0 N–H and O–H groups in total. The van der Waals surface area contributed by atoms with Crippen molar-refractivity contribution in [3.63, 3.8) is 0 Å². The summed E-state index contributed by atoms with van der Waals surface area (Å²) in [4.78, 5) is 11.2. The molecule has 0 radical (unpaired) electrons. The van der Waals surface area contributed by atoms with Crippen LogP contribution >= 0.6 is 0 Å². The molecule has 0 bridgehead atoms. The van der Waals surface area contributed by atoms with E-state index in [1.807, 2.05) is 6.92 Å². The molecule has 1 atom stereocenters. The van der Waals surface area contributed by atoms with Gasteiger partial charge in [0.1, 0.15) is 5.75 Å². The predicted octanol–water partition coefficient (Wildman–Crippen LogP) is 2.26. The molecule has 3 heteroatoms. The number of hydrogen-bond donors (Lipinski definition) is 0. The lowest BCUT2D eigenvalue weighted by Gasteiger charge is -2.11. The van der Waals surface area contributed by atoms with Gasteiger partial charge in [0.05, 0.1) is 12.7 Å². The highest BCUT2D eigenvalue weighted by Gasteiger charge is 2.07. The zero-order valence-electron chi connectivity index (χ0n) is 9.40. The molecule has 0 saturated heterocycles. The largest absolute Gasteiger partial charge is 0.478 e. The minimum absolute atomic E-state index is 0.232. The summed E-state index contributed by atoms with van der Waals surface area (Å²) in [7, 11) is 1.35. The molecular weight excluding hydrogens is 204 g/mol. The van der Waals surface area contributed by atoms with Gasteiger partial charge < -0.3 is 9.47 Å². The third-order valence-corrected chi connectivity index (χ3v) is 2.11. The maximum atomic E-state index is 11.2. The lowest BCUT2D eigenvalue weighted by atomic mass is 10.2. The van der Waals surface area contributed by atoms with Crippen molar-refractivity contribution < 1.29 is 14.3 Å². The van der Waals surface area contributed by atoms with Crippen LogP contribution in [0, 0.1) is 12.3 Å². The minimum Gasteiger partial charge on any atom is -0.478 e. The molecule has 1 rings (SSSR count). The molecular formula is C13H14O3. The van der Waals surface area contributed by atoms with Crippen LogP contribution in [0.15, 0.2) is 24.3 Å². The first-order chi connectivity index (χ1) is 7.71. The van der Waals surface area contributed by atoms with Crippen molar-refractivity contribution in [1.29, 1.82) is 0 Å². The summed E-state index contributed by atoms with van der Waals surface area (Å²) < 4.78 is 10.1.